The smallest absolute Gasteiger partial charge is 0.251 e. The Labute approximate surface area is 111 Å². The second kappa shape index (κ2) is 6.26. The number of hydrogen-bond donors (Lipinski definition) is 3. The van der Waals surface area contributed by atoms with E-state index in [1.807, 2.05) is 0 Å². The van der Waals surface area contributed by atoms with Gasteiger partial charge in [0.1, 0.15) is 6.61 Å². The molecule has 0 spiro atoms. The number of aromatic nitrogens is 1. The zero-order valence-electron chi connectivity index (χ0n) is 10.5. The molecule has 1 heterocycles. The van der Waals surface area contributed by atoms with Gasteiger partial charge in [-0.05, 0) is 32.2 Å². The van der Waals surface area contributed by atoms with Gasteiger partial charge in [-0.2, -0.15) is 0 Å². The molecule has 0 aliphatic heterocycles. The van der Waals surface area contributed by atoms with E-state index in [1.165, 1.54) is 16.2 Å². The normalized spacial score (nSPS) is 18.4. The van der Waals surface area contributed by atoms with Crippen molar-refractivity contribution in [2.24, 2.45) is 0 Å². The largest absolute Gasteiger partial charge is 0.387 e. The highest BCUT2D eigenvalue weighted by Crippen LogP contribution is 2.29. The molecule has 5 nitrogen and oxygen atoms in total. The highest BCUT2D eigenvalue weighted by molar-refractivity contribution is 7.15. The molecule has 1 aliphatic carbocycles. The summed E-state index contributed by atoms with van der Waals surface area (Å²) in [6.07, 6.45) is 4.19. The van der Waals surface area contributed by atoms with Gasteiger partial charge in [-0.15, -0.1) is 11.3 Å². The molecule has 0 aromatic carbocycles. The molecule has 0 radical (unpaired) electrons. The lowest BCUT2D eigenvalue weighted by molar-refractivity contribution is -0.118. The monoisotopic (exact) mass is 269 g/mol. The molecule has 0 saturated heterocycles. The number of anilines is 1. The van der Waals surface area contributed by atoms with Gasteiger partial charge in [0, 0.05) is 10.9 Å². The molecule has 0 fully saturated rings. The SMILES string of the molecule is CCCNC1CCc2nc(NC(=O)CO)sc2C1. The zero-order valence-corrected chi connectivity index (χ0v) is 11.3. The molecule has 2 rings (SSSR count). The van der Waals surface area contributed by atoms with Crippen LogP contribution in [0.15, 0.2) is 0 Å². The van der Waals surface area contributed by atoms with Crippen molar-refractivity contribution >= 4 is 22.4 Å². The van der Waals surface area contributed by atoms with Gasteiger partial charge in [0.2, 0.25) is 0 Å². The van der Waals surface area contributed by atoms with E-state index in [-0.39, 0.29) is 0 Å². The second-order valence-electron chi connectivity index (χ2n) is 4.49. The Balaban J connectivity index is 1.97. The average molecular weight is 269 g/mol. The standard InChI is InChI=1S/C12H19N3O2S/c1-2-5-13-8-3-4-9-10(6-8)18-12(14-9)15-11(17)7-16/h8,13,16H,2-7H2,1H3,(H,14,15,17). The minimum Gasteiger partial charge on any atom is -0.387 e. The highest BCUT2D eigenvalue weighted by Gasteiger charge is 2.22. The van der Waals surface area contributed by atoms with Crippen LogP contribution in [0.1, 0.15) is 30.3 Å². The second-order valence-corrected chi connectivity index (χ2v) is 5.57. The third kappa shape index (κ3) is 3.28. The number of fused-ring (bicyclic) bond motifs is 1. The van der Waals surface area contributed by atoms with E-state index < -0.39 is 12.5 Å². The van der Waals surface area contributed by atoms with Crippen LogP contribution in [-0.4, -0.2) is 35.2 Å². The van der Waals surface area contributed by atoms with Crippen molar-refractivity contribution in [3.8, 4) is 0 Å². The van der Waals surface area contributed by atoms with E-state index in [2.05, 4.69) is 22.5 Å². The summed E-state index contributed by atoms with van der Waals surface area (Å²) in [4.78, 5) is 16.7. The van der Waals surface area contributed by atoms with Crippen molar-refractivity contribution in [1.82, 2.24) is 10.3 Å². The zero-order chi connectivity index (χ0) is 13.0. The van der Waals surface area contributed by atoms with Gasteiger partial charge < -0.3 is 10.4 Å². The summed E-state index contributed by atoms with van der Waals surface area (Å²) in [6, 6.07) is 0.527. The number of aliphatic hydroxyl groups excluding tert-OH is 1. The van der Waals surface area contributed by atoms with Gasteiger partial charge in [-0.1, -0.05) is 6.92 Å². The summed E-state index contributed by atoms with van der Waals surface area (Å²) < 4.78 is 0. The van der Waals surface area contributed by atoms with Crippen LogP contribution in [0.3, 0.4) is 0 Å². The summed E-state index contributed by atoms with van der Waals surface area (Å²) in [5.74, 6) is -0.401. The molecule has 1 atom stereocenters. The van der Waals surface area contributed by atoms with Crippen molar-refractivity contribution in [2.75, 3.05) is 18.5 Å². The van der Waals surface area contributed by atoms with Crippen molar-refractivity contribution < 1.29 is 9.90 Å². The average Bonchev–Trinajstić information content (AvgIpc) is 2.77. The Morgan fingerprint density at radius 1 is 1.61 bits per heavy atom. The predicted molar refractivity (Wildman–Crippen MR) is 71.9 cm³/mol. The van der Waals surface area contributed by atoms with E-state index in [4.69, 9.17) is 5.11 Å². The van der Waals surface area contributed by atoms with E-state index >= 15 is 0 Å². The van der Waals surface area contributed by atoms with Crippen LogP contribution in [0.2, 0.25) is 0 Å². The number of thiazole rings is 1. The van der Waals surface area contributed by atoms with Crippen LogP contribution in [-0.2, 0) is 17.6 Å². The fourth-order valence-corrected chi connectivity index (χ4v) is 3.21. The first-order valence-electron chi connectivity index (χ1n) is 6.35. The third-order valence-corrected chi connectivity index (χ3v) is 4.05. The molecule has 1 aliphatic rings. The van der Waals surface area contributed by atoms with Crippen molar-refractivity contribution in [1.29, 1.82) is 0 Å². The van der Waals surface area contributed by atoms with Crippen molar-refractivity contribution in [3.05, 3.63) is 10.6 Å². The molecule has 6 heteroatoms. The lowest BCUT2D eigenvalue weighted by Crippen LogP contribution is -2.34. The van der Waals surface area contributed by atoms with Crippen molar-refractivity contribution in [2.45, 2.75) is 38.6 Å². The third-order valence-electron chi connectivity index (χ3n) is 3.01. The number of aryl methyl sites for hydroxylation is 1. The number of hydrogen-bond acceptors (Lipinski definition) is 5. The topological polar surface area (TPSA) is 74.2 Å². The summed E-state index contributed by atoms with van der Waals surface area (Å²) >= 11 is 1.52. The molecule has 1 unspecified atom stereocenters. The Morgan fingerprint density at radius 3 is 3.17 bits per heavy atom. The maximum Gasteiger partial charge on any atom is 0.251 e. The van der Waals surface area contributed by atoms with E-state index in [0.717, 1.165) is 37.9 Å². The van der Waals surface area contributed by atoms with E-state index in [0.29, 0.717) is 11.2 Å². The van der Waals surface area contributed by atoms with Crippen LogP contribution in [0.5, 0.6) is 0 Å². The fraction of sp³-hybridized carbons (Fsp3) is 0.667. The summed E-state index contributed by atoms with van der Waals surface area (Å²) in [7, 11) is 0. The number of nitrogens with one attached hydrogen (secondary N) is 2. The summed E-state index contributed by atoms with van der Waals surface area (Å²) in [5, 5.41) is 15.4. The van der Waals surface area contributed by atoms with Gasteiger partial charge in [-0.25, -0.2) is 4.98 Å². The molecular weight excluding hydrogens is 250 g/mol. The maximum atomic E-state index is 11.1. The van der Waals surface area contributed by atoms with Gasteiger partial charge in [-0.3, -0.25) is 10.1 Å². The molecule has 0 saturated carbocycles. The first kappa shape index (κ1) is 13.5. The molecular formula is C12H19N3O2S. The molecule has 0 bridgehead atoms. The quantitative estimate of drug-likeness (QED) is 0.743. The van der Waals surface area contributed by atoms with Crippen LogP contribution < -0.4 is 10.6 Å². The molecule has 1 amide bonds. The van der Waals surface area contributed by atoms with Gasteiger partial charge in [0.25, 0.3) is 5.91 Å². The van der Waals surface area contributed by atoms with E-state index in [1.54, 1.807) is 0 Å². The van der Waals surface area contributed by atoms with Crippen LogP contribution >= 0.6 is 11.3 Å². The minimum absolute atomic E-state index is 0.401. The van der Waals surface area contributed by atoms with Crippen molar-refractivity contribution in [3.63, 3.8) is 0 Å². The number of amides is 1. The Morgan fingerprint density at radius 2 is 2.44 bits per heavy atom. The van der Waals surface area contributed by atoms with Crippen LogP contribution in [0, 0.1) is 0 Å². The number of nitrogens with zero attached hydrogens (tertiary/aromatic N) is 1. The van der Waals surface area contributed by atoms with Gasteiger partial charge in [0.15, 0.2) is 5.13 Å². The molecule has 1 aromatic rings. The molecule has 1 aromatic heterocycles. The fourth-order valence-electron chi connectivity index (χ4n) is 2.11. The summed E-state index contributed by atoms with van der Waals surface area (Å²) in [6.45, 7) is 2.72. The number of rotatable bonds is 5. The molecule has 100 valence electrons. The Hall–Kier alpha value is -0.980. The Bertz CT molecular complexity index is 419. The highest BCUT2D eigenvalue weighted by atomic mass is 32.1. The predicted octanol–water partition coefficient (Wildman–Crippen LogP) is 0.931. The van der Waals surface area contributed by atoms with Crippen LogP contribution in [0.4, 0.5) is 5.13 Å². The summed E-state index contributed by atoms with van der Waals surface area (Å²) in [5.41, 5.74) is 1.10. The maximum absolute atomic E-state index is 11.1. The van der Waals surface area contributed by atoms with Crippen LogP contribution in [0.25, 0.3) is 0 Å². The molecule has 3 N–H and O–H groups in total. The first-order chi connectivity index (χ1) is 8.72. The minimum atomic E-state index is -0.495. The lowest BCUT2D eigenvalue weighted by Gasteiger charge is -2.21. The molecule has 18 heavy (non-hydrogen) atoms. The van der Waals surface area contributed by atoms with E-state index in [9.17, 15) is 4.79 Å². The first-order valence-corrected chi connectivity index (χ1v) is 7.17. The van der Waals surface area contributed by atoms with Gasteiger partial charge >= 0.3 is 0 Å². The number of aliphatic hydroxyl groups is 1. The lowest BCUT2D eigenvalue weighted by atomic mass is 9.98. The van der Waals surface area contributed by atoms with Gasteiger partial charge in [0.05, 0.1) is 5.69 Å². The number of carbonyl (C=O) groups excluding carboxylic acids is 1. The number of carbonyl (C=O) groups is 1. The Kier molecular flexibility index (Phi) is 4.68.